The number of amides is 1. The van der Waals surface area contributed by atoms with Crippen LogP contribution in [0.4, 0.5) is 31.5 Å². The highest BCUT2D eigenvalue weighted by atomic mass is 19.1. The number of carbonyl (C=O) groups is 1. The molecule has 11 heteroatoms. The monoisotopic (exact) mass is 550 g/mol. The molecule has 9 nitrogen and oxygen atoms in total. The number of benzene rings is 2. The van der Waals surface area contributed by atoms with Crippen molar-refractivity contribution in [1.29, 1.82) is 0 Å². The van der Waals surface area contributed by atoms with Gasteiger partial charge in [0.2, 0.25) is 0 Å². The highest BCUT2D eigenvalue weighted by Gasteiger charge is 2.47. The molecular weight excluding hydrogens is 518 g/mol. The molecule has 0 radical (unpaired) electrons. The molecule has 0 saturated carbocycles. The summed E-state index contributed by atoms with van der Waals surface area (Å²) >= 11 is 0. The fourth-order valence-electron chi connectivity index (χ4n) is 6.37. The lowest BCUT2D eigenvalue weighted by Gasteiger charge is -2.38. The van der Waals surface area contributed by atoms with Gasteiger partial charge in [-0.05, 0) is 42.7 Å². The van der Waals surface area contributed by atoms with Crippen molar-refractivity contribution >= 4 is 28.7 Å². The van der Waals surface area contributed by atoms with Crippen LogP contribution in [0.25, 0.3) is 5.69 Å². The van der Waals surface area contributed by atoms with Crippen molar-refractivity contribution in [1.82, 2.24) is 9.78 Å². The van der Waals surface area contributed by atoms with Gasteiger partial charge in [0.1, 0.15) is 17.5 Å². The van der Waals surface area contributed by atoms with Crippen molar-refractivity contribution in [3.8, 4) is 5.69 Å². The summed E-state index contributed by atoms with van der Waals surface area (Å²) < 4.78 is 35.0. The van der Waals surface area contributed by atoms with Crippen molar-refractivity contribution < 1.29 is 18.3 Å². The van der Waals surface area contributed by atoms with Gasteiger partial charge in [-0.25, -0.2) is 8.78 Å². The lowest BCUT2D eigenvalue weighted by Crippen LogP contribution is -2.45. The van der Waals surface area contributed by atoms with Crippen LogP contribution in [-0.4, -0.2) is 62.3 Å². The van der Waals surface area contributed by atoms with Crippen LogP contribution in [0.1, 0.15) is 30.8 Å². The number of ether oxygens (including phenoxy) is 1. The van der Waals surface area contributed by atoms with Crippen molar-refractivity contribution in [2.45, 2.75) is 26.4 Å². The zero-order valence-electron chi connectivity index (χ0n) is 22.9. The standard InChI is InChI=1S/C29H32F2N6O3/c1-17(2)28-34(3)22-10-8-20(25(26(22)35(28)4)36-13-12-29(14-36)15-40-16-29)32-27(39)21-9-11-23(38)37(33-21)24-18(30)6-5-7-19(24)31/h5-11,17,28H,12-16H2,1-4H3,(H,32,39). The highest BCUT2D eigenvalue weighted by Crippen LogP contribution is 2.52. The van der Waals surface area contributed by atoms with Gasteiger partial charge < -0.3 is 24.8 Å². The van der Waals surface area contributed by atoms with Crippen molar-refractivity contribution in [3.63, 3.8) is 0 Å². The van der Waals surface area contributed by atoms with E-state index in [0.29, 0.717) is 16.3 Å². The van der Waals surface area contributed by atoms with Crippen LogP contribution in [0.5, 0.6) is 0 Å². The van der Waals surface area contributed by atoms with E-state index in [2.05, 4.69) is 53.1 Å². The van der Waals surface area contributed by atoms with E-state index in [1.165, 1.54) is 12.1 Å². The fraction of sp³-hybridized carbons (Fsp3) is 0.414. The number of carbonyl (C=O) groups excluding carboxylic acids is 1. The summed E-state index contributed by atoms with van der Waals surface area (Å²) in [6.07, 6.45) is 1.14. The fourth-order valence-corrected chi connectivity index (χ4v) is 6.37. The molecule has 2 fully saturated rings. The SMILES string of the molecule is CC(C)C1N(C)c2ccc(NC(=O)c3ccc(=O)n(-c4c(F)cccc4F)n3)c(N3CCC4(COC4)C3)c2N1C. The third-order valence-electron chi connectivity index (χ3n) is 8.25. The first kappa shape index (κ1) is 26.2. The third-order valence-corrected chi connectivity index (χ3v) is 8.25. The van der Waals surface area contributed by atoms with Crippen molar-refractivity contribution in [2.24, 2.45) is 11.3 Å². The number of rotatable bonds is 5. The van der Waals surface area contributed by atoms with Crippen LogP contribution < -0.4 is 25.6 Å². The van der Waals surface area contributed by atoms with E-state index < -0.39 is 28.8 Å². The molecule has 0 aliphatic carbocycles. The first-order chi connectivity index (χ1) is 19.1. The van der Waals surface area contributed by atoms with Crippen molar-refractivity contribution in [3.05, 3.63) is 70.1 Å². The van der Waals surface area contributed by atoms with Crippen LogP contribution in [0.3, 0.4) is 0 Å². The molecule has 3 aliphatic rings. The largest absolute Gasteiger partial charge is 0.380 e. The van der Waals surface area contributed by atoms with Gasteiger partial charge in [0.25, 0.3) is 11.5 Å². The summed E-state index contributed by atoms with van der Waals surface area (Å²) in [6, 6.07) is 9.47. The number of fused-ring (bicyclic) bond motifs is 1. The molecule has 1 N–H and O–H groups in total. The Labute approximate surface area is 230 Å². The number of nitrogens with zero attached hydrogens (tertiary/aromatic N) is 5. The van der Waals surface area contributed by atoms with E-state index in [1.807, 2.05) is 12.1 Å². The Morgan fingerprint density at radius 1 is 1.02 bits per heavy atom. The van der Waals surface area contributed by atoms with Gasteiger partial charge in [0.05, 0.1) is 36.0 Å². The van der Waals surface area contributed by atoms with Crippen LogP contribution in [0.2, 0.25) is 0 Å². The second kappa shape index (κ2) is 9.58. The van der Waals surface area contributed by atoms with Gasteiger partial charge in [0.15, 0.2) is 11.6 Å². The van der Waals surface area contributed by atoms with Crippen LogP contribution in [0.15, 0.2) is 47.3 Å². The van der Waals surface area contributed by atoms with E-state index in [-0.39, 0.29) is 17.3 Å². The van der Waals surface area contributed by atoms with E-state index in [9.17, 15) is 18.4 Å². The van der Waals surface area contributed by atoms with Crippen molar-refractivity contribution in [2.75, 3.05) is 60.4 Å². The van der Waals surface area contributed by atoms with Crippen LogP contribution >= 0.6 is 0 Å². The summed E-state index contributed by atoms with van der Waals surface area (Å²) in [5.41, 5.74) is 2.20. The van der Waals surface area contributed by atoms with Gasteiger partial charge in [-0.3, -0.25) is 9.59 Å². The molecule has 3 aromatic rings. The molecule has 210 valence electrons. The zero-order valence-corrected chi connectivity index (χ0v) is 22.9. The summed E-state index contributed by atoms with van der Waals surface area (Å²) in [6.45, 7) is 7.45. The number of nitrogens with one attached hydrogen (secondary N) is 1. The number of hydrogen-bond donors (Lipinski definition) is 1. The molecule has 1 unspecified atom stereocenters. The van der Waals surface area contributed by atoms with Gasteiger partial charge in [-0.1, -0.05) is 19.9 Å². The first-order valence-corrected chi connectivity index (χ1v) is 13.4. The van der Waals surface area contributed by atoms with Gasteiger partial charge in [0, 0.05) is 38.7 Å². The lowest BCUT2D eigenvalue weighted by atomic mass is 9.85. The maximum atomic E-state index is 14.4. The Kier molecular flexibility index (Phi) is 6.29. The second-order valence-corrected chi connectivity index (χ2v) is 11.4. The molecule has 40 heavy (non-hydrogen) atoms. The molecular formula is C29H32F2N6O3. The topological polar surface area (TPSA) is 82.9 Å². The maximum Gasteiger partial charge on any atom is 0.276 e. The normalized spacial score (nSPS) is 19.4. The number of hydrogen-bond acceptors (Lipinski definition) is 7. The summed E-state index contributed by atoms with van der Waals surface area (Å²) in [5, 5.41) is 7.01. The Morgan fingerprint density at radius 3 is 2.38 bits per heavy atom. The first-order valence-electron chi connectivity index (χ1n) is 13.4. The molecule has 1 amide bonds. The third kappa shape index (κ3) is 4.11. The quantitative estimate of drug-likeness (QED) is 0.517. The predicted octanol–water partition coefficient (Wildman–Crippen LogP) is 3.86. The smallest absolute Gasteiger partial charge is 0.276 e. The molecule has 2 saturated heterocycles. The second-order valence-electron chi connectivity index (χ2n) is 11.4. The van der Waals surface area contributed by atoms with Gasteiger partial charge in [-0.15, -0.1) is 0 Å². The molecule has 6 rings (SSSR count). The highest BCUT2D eigenvalue weighted by molar-refractivity contribution is 6.07. The Balaban J connectivity index is 1.40. The Bertz CT molecular complexity index is 1530. The molecule has 4 heterocycles. The van der Waals surface area contributed by atoms with Gasteiger partial charge in [-0.2, -0.15) is 9.78 Å². The molecule has 0 bridgehead atoms. The molecule has 1 aromatic heterocycles. The molecule has 2 aromatic carbocycles. The van der Waals surface area contributed by atoms with Crippen LogP contribution in [-0.2, 0) is 4.74 Å². The summed E-state index contributed by atoms with van der Waals surface area (Å²) in [4.78, 5) is 32.8. The number of aromatic nitrogens is 2. The van der Waals surface area contributed by atoms with E-state index >= 15 is 0 Å². The molecule has 1 spiro atoms. The summed E-state index contributed by atoms with van der Waals surface area (Å²) in [5.74, 6) is -2.16. The zero-order chi connectivity index (χ0) is 28.3. The molecule has 3 aliphatic heterocycles. The molecule has 1 atom stereocenters. The minimum absolute atomic E-state index is 0.116. The lowest BCUT2D eigenvalue weighted by molar-refractivity contribution is -0.0985. The number of anilines is 4. The average molecular weight is 551 g/mol. The summed E-state index contributed by atoms with van der Waals surface area (Å²) in [7, 11) is 4.15. The minimum Gasteiger partial charge on any atom is -0.380 e. The van der Waals surface area contributed by atoms with Gasteiger partial charge >= 0.3 is 0 Å². The Morgan fingerprint density at radius 2 is 1.75 bits per heavy atom. The number of para-hydroxylation sites is 1. The predicted molar refractivity (Wildman–Crippen MR) is 150 cm³/mol. The maximum absolute atomic E-state index is 14.4. The average Bonchev–Trinajstić information content (AvgIpc) is 3.45. The van der Waals surface area contributed by atoms with E-state index in [0.717, 1.165) is 68.0 Å². The minimum atomic E-state index is -0.956. The van der Waals surface area contributed by atoms with E-state index in [1.54, 1.807) is 0 Å². The van der Waals surface area contributed by atoms with E-state index in [4.69, 9.17) is 4.74 Å². The Hall–Kier alpha value is -3.99. The van der Waals surface area contributed by atoms with Crippen LogP contribution in [0, 0.1) is 23.0 Å². The number of halogens is 2.